The molecule has 0 spiro atoms. The molecule has 1 fully saturated rings. The fourth-order valence-electron chi connectivity index (χ4n) is 2.09. The van der Waals surface area contributed by atoms with Gasteiger partial charge in [-0.15, -0.1) is 6.58 Å². The Balaban J connectivity index is 2.09. The smallest absolute Gasteiger partial charge is 0.276 e. The van der Waals surface area contributed by atoms with Crippen molar-refractivity contribution in [3.8, 4) is 0 Å². The minimum absolute atomic E-state index is 0.0375. The highest BCUT2D eigenvalue weighted by Crippen LogP contribution is 2.22. The molecular weight excluding hydrogens is 232 g/mol. The van der Waals surface area contributed by atoms with Crippen molar-refractivity contribution in [2.24, 2.45) is 5.92 Å². The molecule has 2 aliphatic rings. The van der Waals surface area contributed by atoms with Crippen LogP contribution in [0.1, 0.15) is 19.3 Å². The fourth-order valence-corrected chi connectivity index (χ4v) is 2.35. The average molecular weight is 248 g/mol. The van der Waals surface area contributed by atoms with Gasteiger partial charge in [0.2, 0.25) is 0 Å². The van der Waals surface area contributed by atoms with Crippen LogP contribution in [-0.4, -0.2) is 22.5 Å². The summed E-state index contributed by atoms with van der Waals surface area (Å²) in [5.74, 6) is 0.405. The van der Waals surface area contributed by atoms with Gasteiger partial charge in [0.1, 0.15) is 5.70 Å². The van der Waals surface area contributed by atoms with Gasteiger partial charge in [-0.3, -0.25) is 9.69 Å². The second-order valence-corrected chi connectivity index (χ2v) is 4.65. The largest absolute Gasteiger partial charge is 0.328 e. The molecule has 1 atom stereocenters. The molecular formula is C13H16N2OS. The van der Waals surface area contributed by atoms with Crippen LogP contribution in [0.3, 0.4) is 0 Å². The van der Waals surface area contributed by atoms with E-state index in [1.165, 1.54) is 4.90 Å². The highest BCUT2D eigenvalue weighted by atomic mass is 32.1. The Morgan fingerprint density at radius 1 is 1.59 bits per heavy atom. The van der Waals surface area contributed by atoms with Crippen LogP contribution in [0.4, 0.5) is 0 Å². The number of rotatable bonds is 3. The van der Waals surface area contributed by atoms with E-state index in [1.807, 2.05) is 6.08 Å². The van der Waals surface area contributed by atoms with Crippen molar-refractivity contribution in [2.45, 2.75) is 19.3 Å². The van der Waals surface area contributed by atoms with Crippen molar-refractivity contribution in [1.82, 2.24) is 10.2 Å². The van der Waals surface area contributed by atoms with Gasteiger partial charge in [-0.1, -0.05) is 24.3 Å². The van der Waals surface area contributed by atoms with Gasteiger partial charge in [-0.25, -0.2) is 0 Å². The highest BCUT2D eigenvalue weighted by molar-refractivity contribution is 7.80. The summed E-state index contributed by atoms with van der Waals surface area (Å²) in [6.45, 7) is 4.09. The summed E-state index contributed by atoms with van der Waals surface area (Å²) in [5, 5.41) is 3.46. The predicted molar refractivity (Wildman–Crippen MR) is 72.2 cm³/mol. The van der Waals surface area contributed by atoms with Crippen molar-refractivity contribution < 1.29 is 4.79 Å². The van der Waals surface area contributed by atoms with E-state index in [1.54, 1.807) is 6.08 Å². The number of thiocarbonyl (C=S) groups is 1. The van der Waals surface area contributed by atoms with E-state index in [4.69, 9.17) is 12.2 Å². The van der Waals surface area contributed by atoms with Crippen molar-refractivity contribution in [2.75, 3.05) is 6.54 Å². The van der Waals surface area contributed by atoms with Crippen molar-refractivity contribution in [3.63, 3.8) is 0 Å². The van der Waals surface area contributed by atoms with Gasteiger partial charge in [-0.2, -0.15) is 0 Å². The zero-order chi connectivity index (χ0) is 12.3. The number of hydrogen-bond donors (Lipinski definition) is 1. The second kappa shape index (κ2) is 5.27. The van der Waals surface area contributed by atoms with Crippen molar-refractivity contribution in [3.05, 3.63) is 36.6 Å². The number of nitrogens with zero attached hydrogens (tertiary/aromatic N) is 1. The summed E-state index contributed by atoms with van der Waals surface area (Å²) in [4.78, 5) is 13.6. The lowest BCUT2D eigenvalue weighted by Crippen LogP contribution is -2.30. The molecule has 1 amide bonds. The summed E-state index contributed by atoms with van der Waals surface area (Å²) in [6.07, 6.45) is 11.2. The monoisotopic (exact) mass is 248 g/mol. The first-order valence-corrected chi connectivity index (χ1v) is 6.23. The standard InChI is InChI=1S/C13H16N2OS/c1-2-8-15-12(16)11(14-13(15)17)9-10-6-4-3-5-7-10/h2-4,9-10H,1,5-8H2,(H,14,17)/b11-9+. The Morgan fingerprint density at radius 3 is 3.06 bits per heavy atom. The molecule has 90 valence electrons. The summed E-state index contributed by atoms with van der Waals surface area (Å²) in [6, 6.07) is 0. The topological polar surface area (TPSA) is 32.3 Å². The molecule has 1 aliphatic heterocycles. The normalized spacial score (nSPS) is 26.5. The third kappa shape index (κ3) is 2.64. The van der Waals surface area contributed by atoms with Crippen molar-refractivity contribution >= 4 is 23.2 Å². The summed E-state index contributed by atoms with van der Waals surface area (Å²) >= 11 is 5.12. The number of hydrogen-bond acceptors (Lipinski definition) is 2. The summed E-state index contributed by atoms with van der Waals surface area (Å²) in [5.41, 5.74) is 0.622. The van der Waals surface area contributed by atoms with Gasteiger partial charge < -0.3 is 5.32 Å². The quantitative estimate of drug-likeness (QED) is 0.472. The lowest BCUT2D eigenvalue weighted by molar-refractivity contribution is -0.122. The van der Waals surface area contributed by atoms with E-state index in [0.29, 0.717) is 23.3 Å². The zero-order valence-electron chi connectivity index (χ0n) is 9.69. The minimum Gasteiger partial charge on any atom is -0.328 e. The Hall–Kier alpha value is -1.42. The number of carbonyl (C=O) groups excluding carboxylic acids is 1. The van der Waals surface area contributed by atoms with Crippen LogP contribution in [-0.2, 0) is 4.79 Å². The first kappa shape index (κ1) is 12.0. The Labute approximate surface area is 107 Å². The fraction of sp³-hybridized carbons (Fsp3) is 0.385. The van der Waals surface area contributed by atoms with Crippen LogP contribution in [0, 0.1) is 5.92 Å². The number of nitrogens with one attached hydrogen (secondary N) is 1. The Bertz CT molecular complexity index is 412. The van der Waals surface area contributed by atoms with Crippen LogP contribution < -0.4 is 5.32 Å². The predicted octanol–water partition coefficient (Wildman–Crippen LogP) is 2.13. The molecule has 0 aromatic carbocycles. The van der Waals surface area contributed by atoms with E-state index in [9.17, 15) is 4.79 Å². The van der Waals surface area contributed by atoms with Crippen molar-refractivity contribution in [1.29, 1.82) is 0 Å². The lowest BCUT2D eigenvalue weighted by atomic mass is 9.93. The van der Waals surface area contributed by atoms with Gasteiger partial charge in [0.05, 0.1) is 0 Å². The van der Waals surface area contributed by atoms with E-state index in [0.717, 1.165) is 19.3 Å². The summed E-state index contributed by atoms with van der Waals surface area (Å²) < 4.78 is 0. The Kier molecular flexibility index (Phi) is 3.74. The van der Waals surface area contributed by atoms with Crippen LogP contribution in [0.15, 0.2) is 36.6 Å². The van der Waals surface area contributed by atoms with Gasteiger partial charge in [-0.05, 0) is 37.4 Å². The number of amides is 1. The van der Waals surface area contributed by atoms with Gasteiger partial charge >= 0.3 is 0 Å². The van der Waals surface area contributed by atoms with Crippen LogP contribution in [0.2, 0.25) is 0 Å². The maximum atomic E-state index is 12.0. The van der Waals surface area contributed by atoms with Gasteiger partial charge in [0.15, 0.2) is 5.11 Å². The zero-order valence-corrected chi connectivity index (χ0v) is 10.5. The van der Waals surface area contributed by atoms with E-state index in [2.05, 4.69) is 24.0 Å². The molecule has 0 radical (unpaired) electrons. The second-order valence-electron chi connectivity index (χ2n) is 4.26. The first-order chi connectivity index (χ1) is 8.22. The Morgan fingerprint density at radius 2 is 2.41 bits per heavy atom. The molecule has 1 N–H and O–H groups in total. The van der Waals surface area contributed by atoms with E-state index in [-0.39, 0.29) is 5.91 Å². The molecule has 4 heteroatoms. The molecule has 1 saturated heterocycles. The van der Waals surface area contributed by atoms with Gasteiger partial charge in [0, 0.05) is 6.54 Å². The molecule has 3 nitrogen and oxygen atoms in total. The molecule has 2 rings (SSSR count). The molecule has 17 heavy (non-hydrogen) atoms. The van der Waals surface area contributed by atoms with Crippen LogP contribution in [0.5, 0.6) is 0 Å². The average Bonchev–Trinajstić information content (AvgIpc) is 2.59. The maximum Gasteiger partial charge on any atom is 0.276 e. The SMILES string of the molecule is C=CCN1C(=O)/C(=C\C2CC=CCC2)NC1=S. The molecule has 1 unspecified atom stereocenters. The third-order valence-electron chi connectivity index (χ3n) is 2.99. The van der Waals surface area contributed by atoms with Crippen LogP contribution >= 0.6 is 12.2 Å². The van der Waals surface area contributed by atoms with E-state index < -0.39 is 0 Å². The molecule has 1 heterocycles. The highest BCUT2D eigenvalue weighted by Gasteiger charge is 2.30. The summed E-state index contributed by atoms with van der Waals surface area (Å²) in [7, 11) is 0. The molecule has 0 aromatic heterocycles. The molecule has 0 saturated carbocycles. The maximum absolute atomic E-state index is 12.0. The lowest BCUT2D eigenvalue weighted by Gasteiger charge is -2.13. The molecule has 0 aromatic rings. The number of carbonyl (C=O) groups is 1. The third-order valence-corrected chi connectivity index (χ3v) is 3.31. The van der Waals surface area contributed by atoms with Crippen LogP contribution in [0.25, 0.3) is 0 Å². The minimum atomic E-state index is -0.0375. The van der Waals surface area contributed by atoms with E-state index >= 15 is 0 Å². The molecule has 0 bridgehead atoms. The number of allylic oxidation sites excluding steroid dienone is 3. The molecule has 1 aliphatic carbocycles. The first-order valence-electron chi connectivity index (χ1n) is 5.83. The van der Waals surface area contributed by atoms with Gasteiger partial charge in [0.25, 0.3) is 5.91 Å².